The zero-order valence-corrected chi connectivity index (χ0v) is 7.04. The number of hydrogen-bond donors (Lipinski definition) is 0. The maximum Gasteiger partial charge on any atom is 2.00 e. The fraction of sp³-hybridized carbons (Fsp3) is 0.600. The largest absolute Gasteiger partial charge is 2.00 e. The van der Waals surface area contributed by atoms with Crippen molar-refractivity contribution in [2.45, 2.75) is 13.8 Å². The molecule has 2 heteroatoms. The molecule has 0 aliphatic heterocycles. The molecule has 0 unspecified atom stereocenters. The van der Waals surface area contributed by atoms with Crippen molar-refractivity contribution in [2.75, 3.05) is 5.88 Å². The van der Waals surface area contributed by atoms with E-state index >= 15 is 0 Å². The summed E-state index contributed by atoms with van der Waals surface area (Å²) in [7, 11) is 0. The van der Waals surface area contributed by atoms with Crippen LogP contribution < -0.4 is 0 Å². The van der Waals surface area contributed by atoms with Gasteiger partial charge in [-0.2, -0.15) is 0 Å². The average molecular weight is 131 g/mol. The molecule has 0 aromatic rings. The zero-order chi connectivity index (χ0) is 4.99. The summed E-state index contributed by atoms with van der Waals surface area (Å²) in [6.45, 7) is 4.06. The summed E-state index contributed by atoms with van der Waals surface area (Å²) >= 11 is 5.32. The minimum atomic E-state index is 0. The third kappa shape index (κ3) is 10.8. The Labute approximate surface area is 69.1 Å². The van der Waals surface area contributed by atoms with Gasteiger partial charge in [-0.05, 0) is 13.8 Å². The number of rotatable bonds is 1. The second kappa shape index (κ2) is 6.80. The molecule has 0 aliphatic rings. The molecule has 0 amide bonds. The summed E-state index contributed by atoms with van der Waals surface area (Å²) < 4.78 is 0. The quantitative estimate of drug-likeness (QED) is 0.290. The summed E-state index contributed by atoms with van der Waals surface area (Å²) in [6, 6.07) is 0. The molecule has 0 saturated carbocycles. The molecular formula is C5H11ClMg. The maximum atomic E-state index is 5.32. The molecule has 40 valence electrons. The minimum Gasteiger partial charge on any atom is -1.00 e. The zero-order valence-electron chi connectivity index (χ0n) is 6.87. The van der Waals surface area contributed by atoms with Crippen molar-refractivity contribution < 1.29 is 2.85 Å². The van der Waals surface area contributed by atoms with Crippen LogP contribution >= 0.6 is 11.6 Å². The van der Waals surface area contributed by atoms with E-state index < -0.39 is 0 Å². The van der Waals surface area contributed by atoms with Crippen molar-refractivity contribution in [3.63, 3.8) is 0 Å². The van der Waals surface area contributed by atoms with Gasteiger partial charge < -0.3 is 2.85 Å². The first kappa shape index (κ1) is 10.7. The molecule has 0 aromatic carbocycles. The fourth-order valence-electron chi connectivity index (χ4n) is 0.154. The summed E-state index contributed by atoms with van der Waals surface area (Å²) in [5, 5.41) is 0. The summed E-state index contributed by atoms with van der Waals surface area (Å²) in [6.07, 6.45) is 1.97. The van der Waals surface area contributed by atoms with Crippen LogP contribution in [0.4, 0.5) is 0 Å². The predicted molar refractivity (Wildman–Crippen MR) is 38.1 cm³/mol. The number of alkyl halides is 1. The van der Waals surface area contributed by atoms with Crippen LogP contribution in [-0.2, 0) is 0 Å². The Balaban J connectivity index is -0.0000000417. The molecular weight excluding hydrogens is 120 g/mol. The molecule has 0 rings (SSSR count). The van der Waals surface area contributed by atoms with E-state index in [1.807, 2.05) is 19.9 Å². The van der Waals surface area contributed by atoms with E-state index in [0.29, 0.717) is 5.88 Å². The van der Waals surface area contributed by atoms with Crippen LogP contribution in [0.5, 0.6) is 0 Å². The Morgan fingerprint density at radius 2 is 2.14 bits per heavy atom. The molecule has 0 fully saturated rings. The molecule has 0 saturated heterocycles. The van der Waals surface area contributed by atoms with Gasteiger partial charge >= 0.3 is 23.1 Å². The van der Waals surface area contributed by atoms with E-state index in [9.17, 15) is 0 Å². The normalized spacial score (nSPS) is 6.71. The van der Waals surface area contributed by atoms with Gasteiger partial charge in [-0.1, -0.05) is 11.6 Å². The second-order valence-electron chi connectivity index (χ2n) is 1.44. The molecule has 0 aliphatic carbocycles. The molecule has 0 spiro atoms. The van der Waals surface area contributed by atoms with Crippen LogP contribution in [0, 0.1) is 0 Å². The smallest absolute Gasteiger partial charge is 1.00 e. The predicted octanol–water partition coefficient (Wildman–Crippen LogP) is 2.04. The molecule has 0 nitrogen and oxygen atoms in total. The molecule has 0 aromatic heterocycles. The Bertz CT molecular complexity index is 62.0. The van der Waals surface area contributed by atoms with Gasteiger partial charge in [0, 0.05) is 5.88 Å². The molecule has 0 radical (unpaired) electrons. The molecule has 0 heterocycles. The summed E-state index contributed by atoms with van der Waals surface area (Å²) in [4.78, 5) is 0. The Kier molecular flexibility index (Phi) is 10.4. The van der Waals surface area contributed by atoms with Crippen LogP contribution in [0.2, 0.25) is 0 Å². The van der Waals surface area contributed by atoms with Gasteiger partial charge in [0.1, 0.15) is 0 Å². The van der Waals surface area contributed by atoms with E-state index in [4.69, 9.17) is 11.6 Å². The molecule has 0 bridgehead atoms. The molecule has 0 N–H and O–H groups in total. The second-order valence-corrected chi connectivity index (χ2v) is 1.74. The Morgan fingerprint density at radius 1 is 1.71 bits per heavy atom. The van der Waals surface area contributed by atoms with Crippen LogP contribution in [0.3, 0.4) is 0 Å². The van der Waals surface area contributed by atoms with Crippen LogP contribution in [0.15, 0.2) is 11.6 Å². The first-order valence-corrected chi connectivity index (χ1v) is 2.50. The Hall–Kier alpha value is 0.796. The van der Waals surface area contributed by atoms with E-state index in [2.05, 4.69) is 0 Å². The van der Waals surface area contributed by atoms with Crippen molar-refractivity contribution in [1.82, 2.24) is 0 Å². The summed E-state index contributed by atoms with van der Waals surface area (Å²) in [5.41, 5.74) is 1.28. The SMILES string of the molecule is CC(C)=CCCl.[H-].[H-].[Mg+2]. The molecule has 0 atom stereocenters. The standard InChI is InChI=1S/C5H9Cl.Mg.2H/c1-5(2)3-4-6;;;/h3H,4H2,1-2H3;;;/q;+2;2*-1. The number of halogens is 1. The average Bonchev–Trinajstić information content (AvgIpc) is 1.35. The topological polar surface area (TPSA) is 0 Å². The first-order valence-electron chi connectivity index (χ1n) is 1.96. The van der Waals surface area contributed by atoms with Gasteiger partial charge in [-0.15, -0.1) is 11.6 Å². The van der Waals surface area contributed by atoms with Gasteiger partial charge in [-0.25, -0.2) is 0 Å². The van der Waals surface area contributed by atoms with E-state index in [-0.39, 0.29) is 25.9 Å². The first-order chi connectivity index (χ1) is 2.77. The van der Waals surface area contributed by atoms with Crippen molar-refractivity contribution in [3.8, 4) is 0 Å². The van der Waals surface area contributed by atoms with Crippen molar-refractivity contribution >= 4 is 34.7 Å². The van der Waals surface area contributed by atoms with E-state index in [0.717, 1.165) is 0 Å². The van der Waals surface area contributed by atoms with Gasteiger partial charge in [0.05, 0.1) is 0 Å². The van der Waals surface area contributed by atoms with Crippen LogP contribution in [0.25, 0.3) is 0 Å². The maximum absolute atomic E-state index is 5.32. The Morgan fingerprint density at radius 3 is 2.14 bits per heavy atom. The van der Waals surface area contributed by atoms with Crippen LogP contribution in [-0.4, -0.2) is 28.9 Å². The third-order valence-electron chi connectivity index (χ3n) is 0.485. The summed E-state index contributed by atoms with van der Waals surface area (Å²) in [5.74, 6) is 0.641. The number of hydrogen-bond acceptors (Lipinski definition) is 0. The van der Waals surface area contributed by atoms with Crippen molar-refractivity contribution in [3.05, 3.63) is 11.6 Å². The van der Waals surface area contributed by atoms with Gasteiger partial charge in [0.15, 0.2) is 0 Å². The monoisotopic (exact) mass is 130 g/mol. The fourth-order valence-corrected chi connectivity index (χ4v) is 0.463. The van der Waals surface area contributed by atoms with Crippen molar-refractivity contribution in [1.29, 1.82) is 0 Å². The van der Waals surface area contributed by atoms with E-state index in [1.54, 1.807) is 0 Å². The van der Waals surface area contributed by atoms with Gasteiger partial charge in [0.25, 0.3) is 0 Å². The number of allylic oxidation sites excluding steroid dienone is 2. The van der Waals surface area contributed by atoms with Crippen LogP contribution in [0.1, 0.15) is 16.7 Å². The molecule has 7 heavy (non-hydrogen) atoms. The van der Waals surface area contributed by atoms with Gasteiger partial charge in [0.2, 0.25) is 0 Å². The van der Waals surface area contributed by atoms with Gasteiger partial charge in [-0.3, -0.25) is 0 Å². The van der Waals surface area contributed by atoms with Crippen molar-refractivity contribution in [2.24, 2.45) is 0 Å². The minimum absolute atomic E-state index is 0. The van der Waals surface area contributed by atoms with E-state index in [1.165, 1.54) is 5.57 Å². The third-order valence-corrected chi connectivity index (χ3v) is 0.640.